The Bertz CT molecular complexity index is 386. The number of hydrogen-bond acceptors (Lipinski definition) is 3. The van der Waals surface area contributed by atoms with Gasteiger partial charge in [0.25, 0.3) is 0 Å². The van der Waals surface area contributed by atoms with E-state index in [0.717, 1.165) is 31.1 Å². The number of aliphatic carboxylic acids is 1. The van der Waals surface area contributed by atoms with E-state index in [-0.39, 0.29) is 6.04 Å². The molecule has 4 atom stereocenters. The van der Waals surface area contributed by atoms with Crippen molar-refractivity contribution in [2.24, 2.45) is 11.8 Å². The van der Waals surface area contributed by atoms with E-state index in [1.807, 2.05) is 0 Å². The molecular weight excluding hydrogens is 264 g/mol. The first-order valence-corrected chi connectivity index (χ1v) is 8.75. The van der Waals surface area contributed by atoms with E-state index in [4.69, 9.17) is 0 Å². The van der Waals surface area contributed by atoms with Gasteiger partial charge in [-0.3, -0.25) is 15.0 Å². The molecule has 2 saturated carbocycles. The maximum Gasteiger partial charge on any atom is 0.323 e. The zero-order valence-electron chi connectivity index (χ0n) is 13.5. The molecule has 3 fully saturated rings. The van der Waals surface area contributed by atoms with Gasteiger partial charge in [0.1, 0.15) is 5.54 Å². The zero-order valence-corrected chi connectivity index (χ0v) is 13.5. The number of rotatable bonds is 4. The van der Waals surface area contributed by atoms with Crippen LogP contribution in [0.2, 0.25) is 0 Å². The predicted octanol–water partition coefficient (Wildman–Crippen LogP) is 2.48. The fourth-order valence-corrected chi connectivity index (χ4v) is 5.07. The zero-order chi connectivity index (χ0) is 15.0. The van der Waals surface area contributed by atoms with Crippen LogP contribution in [-0.4, -0.2) is 46.7 Å². The van der Waals surface area contributed by atoms with Crippen molar-refractivity contribution in [1.29, 1.82) is 0 Å². The topological polar surface area (TPSA) is 52.6 Å². The normalized spacial score (nSPS) is 40.6. The monoisotopic (exact) mass is 294 g/mol. The summed E-state index contributed by atoms with van der Waals surface area (Å²) < 4.78 is 0. The molecule has 120 valence electrons. The molecule has 0 spiro atoms. The van der Waals surface area contributed by atoms with Crippen LogP contribution >= 0.6 is 0 Å². The van der Waals surface area contributed by atoms with Crippen molar-refractivity contribution in [3.8, 4) is 0 Å². The lowest BCUT2D eigenvalue weighted by molar-refractivity contribution is -0.147. The minimum absolute atomic E-state index is 0.220. The van der Waals surface area contributed by atoms with Crippen LogP contribution in [-0.2, 0) is 4.79 Å². The quantitative estimate of drug-likeness (QED) is 0.836. The molecule has 1 saturated heterocycles. The number of nitrogens with one attached hydrogen (secondary N) is 1. The van der Waals surface area contributed by atoms with Gasteiger partial charge in [0, 0.05) is 25.2 Å². The molecule has 0 radical (unpaired) electrons. The summed E-state index contributed by atoms with van der Waals surface area (Å²) in [5, 5.41) is 13.2. The van der Waals surface area contributed by atoms with E-state index in [9.17, 15) is 9.90 Å². The van der Waals surface area contributed by atoms with Crippen LogP contribution < -0.4 is 5.32 Å². The van der Waals surface area contributed by atoms with Crippen LogP contribution in [0.3, 0.4) is 0 Å². The van der Waals surface area contributed by atoms with Crippen LogP contribution in [0.4, 0.5) is 0 Å². The lowest BCUT2D eigenvalue weighted by Gasteiger charge is -2.43. The molecule has 2 aliphatic carbocycles. The number of fused-ring (bicyclic) bond motifs is 1. The standard InChI is InChI=1S/C17H30N2O2/c1-12(2)18-17(16(20)21)8-4-7-15(9-17)19-10-13-5-3-6-14(13)11-19/h12-15,18H,3-11H2,1-2H3,(H,20,21). The van der Waals surface area contributed by atoms with Crippen LogP contribution in [0.25, 0.3) is 0 Å². The minimum atomic E-state index is -0.700. The minimum Gasteiger partial charge on any atom is -0.480 e. The average Bonchev–Trinajstić information content (AvgIpc) is 2.98. The summed E-state index contributed by atoms with van der Waals surface area (Å²) in [6, 6.07) is 0.685. The van der Waals surface area contributed by atoms with Crippen molar-refractivity contribution in [3.05, 3.63) is 0 Å². The molecule has 0 amide bonds. The first-order chi connectivity index (χ1) is 10.00. The number of hydrogen-bond donors (Lipinski definition) is 2. The fraction of sp³-hybridized carbons (Fsp3) is 0.941. The second-order valence-electron chi connectivity index (χ2n) is 7.84. The van der Waals surface area contributed by atoms with Crippen molar-refractivity contribution >= 4 is 5.97 Å². The molecule has 4 heteroatoms. The van der Waals surface area contributed by atoms with Gasteiger partial charge >= 0.3 is 5.97 Å². The molecular formula is C17H30N2O2. The Morgan fingerprint density at radius 3 is 2.43 bits per heavy atom. The summed E-state index contributed by atoms with van der Waals surface area (Å²) >= 11 is 0. The van der Waals surface area contributed by atoms with E-state index in [1.165, 1.54) is 38.8 Å². The van der Waals surface area contributed by atoms with Crippen LogP contribution in [0, 0.1) is 11.8 Å². The molecule has 4 nitrogen and oxygen atoms in total. The lowest BCUT2D eigenvalue weighted by atomic mass is 9.78. The highest BCUT2D eigenvalue weighted by molar-refractivity contribution is 5.79. The third-order valence-electron chi connectivity index (χ3n) is 5.97. The molecule has 0 aromatic heterocycles. The Morgan fingerprint density at radius 2 is 1.86 bits per heavy atom. The van der Waals surface area contributed by atoms with E-state index in [1.54, 1.807) is 0 Å². The first kappa shape index (κ1) is 15.3. The summed E-state index contributed by atoms with van der Waals surface area (Å²) in [6.45, 7) is 6.53. The average molecular weight is 294 g/mol. The molecule has 0 bridgehead atoms. The van der Waals surface area contributed by atoms with Gasteiger partial charge in [0.2, 0.25) is 0 Å². The van der Waals surface area contributed by atoms with Gasteiger partial charge in [-0.25, -0.2) is 0 Å². The third-order valence-corrected chi connectivity index (χ3v) is 5.97. The van der Waals surface area contributed by atoms with Crippen LogP contribution in [0.1, 0.15) is 58.8 Å². The van der Waals surface area contributed by atoms with Gasteiger partial charge in [-0.15, -0.1) is 0 Å². The van der Waals surface area contributed by atoms with Crippen molar-refractivity contribution in [3.63, 3.8) is 0 Å². The molecule has 3 rings (SSSR count). The summed E-state index contributed by atoms with van der Waals surface area (Å²) in [5.74, 6) is 1.13. The van der Waals surface area contributed by atoms with E-state index in [0.29, 0.717) is 6.04 Å². The molecule has 2 N–H and O–H groups in total. The van der Waals surface area contributed by atoms with Gasteiger partial charge in [-0.05, 0) is 64.2 Å². The smallest absolute Gasteiger partial charge is 0.323 e. The number of likely N-dealkylation sites (tertiary alicyclic amines) is 1. The summed E-state index contributed by atoms with van der Waals surface area (Å²) in [7, 11) is 0. The largest absolute Gasteiger partial charge is 0.480 e. The molecule has 1 heterocycles. The van der Waals surface area contributed by atoms with Crippen molar-refractivity contribution < 1.29 is 9.90 Å². The first-order valence-electron chi connectivity index (χ1n) is 8.75. The van der Waals surface area contributed by atoms with Crippen molar-refractivity contribution in [1.82, 2.24) is 10.2 Å². The Labute approximate surface area is 128 Å². The van der Waals surface area contributed by atoms with E-state index in [2.05, 4.69) is 24.1 Å². The van der Waals surface area contributed by atoms with E-state index < -0.39 is 11.5 Å². The van der Waals surface area contributed by atoms with Gasteiger partial charge in [-0.1, -0.05) is 6.42 Å². The molecule has 1 aliphatic heterocycles. The lowest BCUT2D eigenvalue weighted by Crippen LogP contribution is -2.60. The maximum atomic E-state index is 11.9. The maximum absolute atomic E-state index is 11.9. The predicted molar refractivity (Wildman–Crippen MR) is 83.3 cm³/mol. The Morgan fingerprint density at radius 1 is 1.19 bits per heavy atom. The molecule has 3 aliphatic rings. The SMILES string of the molecule is CC(C)NC1(C(=O)O)CCCC(N2CC3CCCC3C2)C1. The van der Waals surface area contributed by atoms with Gasteiger partial charge in [0.15, 0.2) is 0 Å². The highest BCUT2D eigenvalue weighted by Crippen LogP contribution is 2.41. The van der Waals surface area contributed by atoms with Gasteiger partial charge < -0.3 is 5.11 Å². The highest BCUT2D eigenvalue weighted by Gasteiger charge is 2.47. The van der Waals surface area contributed by atoms with Crippen molar-refractivity contribution in [2.45, 2.75) is 76.4 Å². The second-order valence-corrected chi connectivity index (χ2v) is 7.84. The molecule has 4 unspecified atom stereocenters. The van der Waals surface area contributed by atoms with Crippen LogP contribution in [0.15, 0.2) is 0 Å². The number of carboxylic acids is 1. The molecule has 0 aromatic rings. The molecule has 21 heavy (non-hydrogen) atoms. The van der Waals surface area contributed by atoms with Crippen LogP contribution in [0.5, 0.6) is 0 Å². The molecule has 0 aromatic carbocycles. The summed E-state index contributed by atoms with van der Waals surface area (Å²) in [5.41, 5.74) is -0.700. The second kappa shape index (κ2) is 5.88. The summed E-state index contributed by atoms with van der Waals surface area (Å²) in [6.07, 6.45) is 7.95. The van der Waals surface area contributed by atoms with E-state index >= 15 is 0 Å². The van der Waals surface area contributed by atoms with Crippen molar-refractivity contribution in [2.75, 3.05) is 13.1 Å². The van der Waals surface area contributed by atoms with Gasteiger partial charge in [-0.2, -0.15) is 0 Å². The highest BCUT2D eigenvalue weighted by atomic mass is 16.4. The Kier molecular flexibility index (Phi) is 4.28. The van der Waals surface area contributed by atoms with Gasteiger partial charge in [0.05, 0.1) is 0 Å². The Hall–Kier alpha value is -0.610. The fourth-order valence-electron chi connectivity index (χ4n) is 5.07. The summed E-state index contributed by atoms with van der Waals surface area (Å²) in [4.78, 5) is 14.5. The number of carboxylic acid groups (broad SMARTS) is 1. The third kappa shape index (κ3) is 2.98. The Balaban J connectivity index is 1.68. The number of nitrogens with zero attached hydrogens (tertiary/aromatic N) is 1. The number of carbonyl (C=O) groups is 1.